The van der Waals surface area contributed by atoms with Gasteiger partial charge in [0.05, 0.1) is 0 Å². The molecule has 0 amide bonds. The normalized spacial score (nSPS) is 22.9. The van der Waals surface area contributed by atoms with Gasteiger partial charge in [-0.15, -0.1) is 0 Å². The van der Waals surface area contributed by atoms with Crippen molar-refractivity contribution >= 4 is 11.8 Å². The topological polar surface area (TPSA) is 35.2 Å². The van der Waals surface area contributed by atoms with Crippen LogP contribution in [0.25, 0.3) is 0 Å². The largest absolute Gasteiger partial charge is 0.490 e. The van der Waals surface area contributed by atoms with Crippen LogP contribution >= 0.6 is 11.8 Å². The molecule has 1 aromatic rings. The van der Waals surface area contributed by atoms with Gasteiger partial charge in [-0.25, -0.2) is 0 Å². The number of hydrogen-bond donors (Lipinski definition) is 1. The SMILES string of the molecule is NCC1(c2ccccc2OC2CCSCC2)CCCCC1. The van der Waals surface area contributed by atoms with Crippen molar-refractivity contribution in [1.82, 2.24) is 0 Å². The molecule has 2 nitrogen and oxygen atoms in total. The molecule has 1 saturated heterocycles. The first-order valence-corrected chi connectivity index (χ1v) is 9.53. The van der Waals surface area contributed by atoms with Crippen molar-refractivity contribution in [3.8, 4) is 5.75 Å². The molecule has 1 heterocycles. The molecule has 116 valence electrons. The lowest BCUT2D eigenvalue weighted by Gasteiger charge is -2.38. The van der Waals surface area contributed by atoms with Crippen LogP contribution in [0.3, 0.4) is 0 Å². The second-order valence-electron chi connectivity index (χ2n) is 6.47. The van der Waals surface area contributed by atoms with E-state index < -0.39 is 0 Å². The van der Waals surface area contributed by atoms with Gasteiger partial charge < -0.3 is 10.5 Å². The third-order valence-electron chi connectivity index (χ3n) is 5.12. The molecule has 2 fully saturated rings. The standard InChI is InChI=1S/C18H27NOS/c19-14-18(10-4-1-5-11-18)16-6-2-3-7-17(16)20-15-8-12-21-13-9-15/h2-3,6-7,15H,1,4-5,8-14,19H2. The summed E-state index contributed by atoms with van der Waals surface area (Å²) in [5.74, 6) is 3.56. The summed E-state index contributed by atoms with van der Waals surface area (Å²) in [7, 11) is 0. The summed E-state index contributed by atoms with van der Waals surface area (Å²) >= 11 is 2.05. The maximum absolute atomic E-state index is 6.40. The van der Waals surface area contributed by atoms with Gasteiger partial charge in [0, 0.05) is 17.5 Å². The zero-order valence-electron chi connectivity index (χ0n) is 12.9. The number of para-hydroxylation sites is 1. The molecule has 0 aromatic heterocycles. The highest BCUT2D eigenvalue weighted by atomic mass is 32.2. The number of ether oxygens (including phenoxy) is 1. The molecule has 3 heteroatoms. The van der Waals surface area contributed by atoms with Crippen LogP contribution in [-0.4, -0.2) is 24.2 Å². The quantitative estimate of drug-likeness (QED) is 0.908. The first-order chi connectivity index (χ1) is 10.3. The lowest BCUT2D eigenvalue weighted by Crippen LogP contribution is -2.38. The monoisotopic (exact) mass is 305 g/mol. The molecule has 3 rings (SSSR count). The Kier molecular flexibility index (Phi) is 5.12. The molecule has 1 aliphatic carbocycles. The van der Waals surface area contributed by atoms with E-state index in [9.17, 15) is 0 Å². The smallest absolute Gasteiger partial charge is 0.123 e. The van der Waals surface area contributed by atoms with E-state index in [-0.39, 0.29) is 5.41 Å². The summed E-state index contributed by atoms with van der Waals surface area (Å²) in [4.78, 5) is 0. The number of hydrogen-bond acceptors (Lipinski definition) is 3. The maximum Gasteiger partial charge on any atom is 0.123 e. The van der Waals surface area contributed by atoms with Crippen molar-refractivity contribution < 1.29 is 4.74 Å². The Morgan fingerprint density at radius 3 is 2.52 bits per heavy atom. The molecule has 0 radical (unpaired) electrons. The Labute approximate surface area is 132 Å². The summed E-state index contributed by atoms with van der Waals surface area (Å²) in [5.41, 5.74) is 7.73. The fraction of sp³-hybridized carbons (Fsp3) is 0.667. The van der Waals surface area contributed by atoms with E-state index in [1.54, 1.807) is 0 Å². The predicted molar refractivity (Wildman–Crippen MR) is 91.2 cm³/mol. The highest BCUT2D eigenvalue weighted by Gasteiger charge is 2.35. The van der Waals surface area contributed by atoms with Crippen LogP contribution in [0, 0.1) is 0 Å². The fourth-order valence-corrected chi connectivity index (χ4v) is 4.86. The van der Waals surface area contributed by atoms with E-state index in [4.69, 9.17) is 10.5 Å². The van der Waals surface area contributed by atoms with E-state index in [1.165, 1.54) is 62.0 Å². The highest BCUT2D eigenvalue weighted by molar-refractivity contribution is 7.99. The first kappa shape index (κ1) is 15.2. The van der Waals surface area contributed by atoms with E-state index in [0.717, 1.165) is 12.3 Å². The second-order valence-corrected chi connectivity index (χ2v) is 7.70. The zero-order chi connectivity index (χ0) is 14.5. The summed E-state index contributed by atoms with van der Waals surface area (Å²) in [6, 6.07) is 8.66. The van der Waals surface area contributed by atoms with Crippen LogP contribution < -0.4 is 10.5 Å². The predicted octanol–water partition coefficient (Wildman–Crippen LogP) is 4.12. The van der Waals surface area contributed by atoms with Crippen molar-refractivity contribution in [2.75, 3.05) is 18.1 Å². The molecule has 0 bridgehead atoms. The molecular weight excluding hydrogens is 278 g/mol. The molecule has 21 heavy (non-hydrogen) atoms. The Morgan fingerprint density at radius 2 is 1.81 bits per heavy atom. The minimum atomic E-state index is 0.151. The van der Waals surface area contributed by atoms with Crippen molar-refractivity contribution in [3.05, 3.63) is 29.8 Å². The van der Waals surface area contributed by atoms with E-state index >= 15 is 0 Å². The molecule has 1 saturated carbocycles. The van der Waals surface area contributed by atoms with Crippen LogP contribution in [-0.2, 0) is 5.41 Å². The van der Waals surface area contributed by atoms with Gasteiger partial charge in [-0.3, -0.25) is 0 Å². The fourth-order valence-electron chi connectivity index (χ4n) is 3.79. The molecule has 0 atom stereocenters. The Morgan fingerprint density at radius 1 is 1.10 bits per heavy atom. The van der Waals surface area contributed by atoms with Gasteiger partial charge in [0.15, 0.2) is 0 Å². The zero-order valence-corrected chi connectivity index (χ0v) is 13.7. The average molecular weight is 305 g/mol. The van der Waals surface area contributed by atoms with Crippen LogP contribution in [0.15, 0.2) is 24.3 Å². The van der Waals surface area contributed by atoms with E-state index in [1.807, 2.05) is 11.8 Å². The summed E-state index contributed by atoms with van der Waals surface area (Å²) in [6.45, 7) is 0.744. The van der Waals surface area contributed by atoms with Gasteiger partial charge in [0.2, 0.25) is 0 Å². The van der Waals surface area contributed by atoms with Gasteiger partial charge in [-0.2, -0.15) is 11.8 Å². The number of nitrogens with two attached hydrogens (primary N) is 1. The second kappa shape index (κ2) is 7.06. The highest BCUT2D eigenvalue weighted by Crippen LogP contribution is 2.43. The number of rotatable bonds is 4. The van der Waals surface area contributed by atoms with Crippen molar-refractivity contribution in [3.63, 3.8) is 0 Å². The van der Waals surface area contributed by atoms with Gasteiger partial charge >= 0.3 is 0 Å². The minimum absolute atomic E-state index is 0.151. The molecular formula is C18H27NOS. The summed E-state index contributed by atoms with van der Waals surface area (Å²) in [6.07, 6.45) is 9.12. The van der Waals surface area contributed by atoms with Crippen molar-refractivity contribution in [2.24, 2.45) is 5.73 Å². The van der Waals surface area contributed by atoms with Gasteiger partial charge in [-0.1, -0.05) is 37.5 Å². The van der Waals surface area contributed by atoms with Crippen LogP contribution in [0.1, 0.15) is 50.5 Å². The van der Waals surface area contributed by atoms with E-state index in [2.05, 4.69) is 24.3 Å². The maximum atomic E-state index is 6.40. The van der Waals surface area contributed by atoms with Gasteiger partial charge in [-0.05, 0) is 43.3 Å². The van der Waals surface area contributed by atoms with Crippen LogP contribution in [0.5, 0.6) is 5.75 Å². The molecule has 0 unspecified atom stereocenters. The average Bonchev–Trinajstić information content (AvgIpc) is 2.57. The third-order valence-corrected chi connectivity index (χ3v) is 6.17. The molecule has 1 aromatic carbocycles. The van der Waals surface area contributed by atoms with Crippen LogP contribution in [0.2, 0.25) is 0 Å². The Bertz CT molecular complexity index is 450. The summed E-state index contributed by atoms with van der Waals surface area (Å²) < 4.78 is 6.40. The molecule has 2 N–H and O–H groups in total. The number of thioether (sulfide) groups is 1. The molecule has 2 aliphatic rings. The third kappa shape index (κ3) is 3.40. The first-order valence-electron chi connectivity index (χ1n) is 8.38. The van der Waals surface area contributed by atoms with Crippen LogP contribution in [0.4, 0.5) is 0 Å². The molecule has 0 spiro atoms. The lowest BCUT2D eigenvalue weighted by molar-refractivity contribution is 0.183. The van der Waals surface area contributed by atoms with Gasteiger partial charge in [0.1, 0.15) is 11.9 Å². The van der Waals surface area contributed by atoms with Gasteiger partial charge in [0.25, 0.3) is 0 Å². The van der Waals surface area contributed by atoms with Crippen molar-refractivity contribution in [1.29, 1.82) is 0 Å². The molecule has 1 aliphatic heterocycles. The lowest BCUT2D eigenvalue weighted by atomic mass is 9.69. The Hall–Kier alpha value is -0.670. The van der Waals surface area contributed by atoms with Crippen molar-refractivity contribution in [2.45, 2.75) is 56.5 Å². The van der Waals surface area contributed by atoms with E-state index in [0.29, 0.717) is 6.10 Å². The Balaban J connectivity index is 1.83. The summed E-state index contributed by atoms with van der Waals surface area (Å²) in [5, 5.41) is 0. The minimum Gasteiger partial charge on any atom is -0.490 e. The number of benzene rings is 1.